The van der Waals surface area contributed by atoms with Crippen molar-refractivity contribution in [1.29, 1.82) is 0 Å². The van der Waals surface area contributed by atoms with Crippen molar-refractivity contribution in [3.63, 3.8) is 0 Å². The molecule has 1 aromatic heterocycles. The molecule has 1 N–H and O–H groups in total. The number of nitrogens with one attached hydrogen (secondary N) is 1. The highest BCUT2D eigenvalue weighted by molar-refractivity contribution is 5.93. The fourth-order valence-corrected chi connectivity index (χ4v) is 5.41. The fourth-order valence-electron chi connectivity index (χ4n) is 5.41. The molecule has 0 aliphatic carbocycles. The predicted octanol–water partition coefficient (Wildman–Crippen LogP) is 11.8. The number of fused-ring (bicyclic) bond motifs is 1. The highest BCUT2D eigenvalue weighted by atomic mass is 19.4. The topological polar surface area (TPSA) is 67.9 Å². The highest BCUT2D eigenvalue weighted by Gasteiger charge is 2.81. The number of aromatic nitrogens is 3. The Kier molecular flexibility index (Phi) is 17.4. The maximum atomic E-state index is 13.5. The standard InChI is InChI=1S/C33H48F9N3O2/c34-30(35,31(36,37)32(38,39)33(40,41)42)23-19-17-15-13-11-9-7-5-3-1-2-4-6-8-10-12-14-16-18-20-24-47-29(46)26-21-22-27-28(25-26)44-45-43-27/h21-22,25H,1-20,23-24H2,(H,43,44,45). The SMILES string of the molecule is O=C(OCCCCCCCCCCCCCCCCCCCCCCC(F)(F)C(F)(F)C(F)(F)C(F)(F)F)c1ccc2n[nH]nc2c1. The number of unbranched alkanes of at least 4 members (excludes halogenated alkanes) is 19. The van der Waals surface area contributed by atoms with E-state index in [0.717, 1.165) is 51.4 Å². The number of aromatic amines is 1. The largest absolute Gasteiger partial charge is 0.462 e. The van der Waals surface area contributed by atoms with Crippen LogP contribution in [-0.4, -0.2) is 51.9 Å². The van der Waals surface area contributed by atoms with Gasteiger partial charge in [0, 0.05) is 6.42 Å². The molecule has 0 atom stereocenters. The first-order valence-electron chi connectivity index (χ1n) is 16.9. The lowest BCUT2D eigenvalue weighted by molar-refractivity contribution is -0.396. The summed E-state index contributed by atoms with van der Waals surface area (Å²) in [6.45, 7) is 0.408. The van der Waals surface area contributed by atoms with E-state index in [1.54, 1.807) is 18.2 Å². The molecular weight excluding hydrogens is 641 g/mol. The Labute approximate surface area is 270 Å². The Morgan fingerprint density at radius 2 is 0.957 bits per heavy atom. The van der Waals surface area contributed by atoms with Crippen LogP contribution in [0.2, 0.25) is 0 Å². The van der Waals surface area contributed by atoms with Gasteiger partial charge in [-0.15, -0.1) is 0 Å². The summed E-state index contributed by atoms with van der Waals surface area (Å²) in [5, 5.41) is 10.4. The summed E-state index contributed by atoms with van der Waals surface area (Å²) in [5.41, 5.74) is 1.80. The van der Waals surface area contributed by atoms with E-state index < -0.39 is 36.8 Å². The molecule has 14 heteroatoms. The molecule has 0 aliphatic rings. The number of hydrogen-bond acceptors (Lipinski definition) is 4. The normalized spacial score (nSPS) is 13.0. The van der Waals surface area contributed by atoms with Gasteiger partial charge in [-0.05, 0) is 31.0 Å². The lowest BCUT2D eigenvalue weighted by atomic mass is 9.97. The summed E-state index contributed by atoms with van der Waals surface area (Å²) in [7, 11) is 0. The molecule has 5 nitrogen and oxygen atoms in total. The van der Waals surface area contributed by atoms with E-state index in [1.807, 2.05) is 0 Å². The van der Waals surface area contributed by atoms with Crippen molar-refractivity contribution in [2.75, 3.05) is 6.61 Å². The van der Waals surface area contributed by atoms with E-state index in [0.29, 0.717) is 36.0 Å². The summed E-state index contributed by atoms with van der Waals surface area (Å²) in [6.07, 6.45) is 9.80. The second-order valence-electron chi connectivity index (χ2n) is 12.3. The number of H-pyrrole nitrogens is 1. The van der Waals surface area contributed by atoms with Crippen LogP contribution < -0.4 is 0 Å². The summed E-state index contributed by atoms with van der Waals surface area (Å²) in [5.74, 6) is -19.1. The van der Waals surface area contributed by atoms with Crippen LogP contribution >= 0.6 is 0 Å². The van der Waals surface area contributed by atoms with E-state index in [4.69, 9.17) is 4.74 Å². The second kappa shape index (κ2) is 20.1. The van der Waals surface area contributed by atoms with Gasteiger partial charge < -0.3 is 4.74 Å². The summed E-state index contributed by atoms with van der Waals surface area (Å²) < 4.78 is 121. The van der Waals surface area contributed by atoms with Gasteiger partial charge >= 0.3 is 29.9 Å². The molecule has 0 radical (unpaired) electrons. The third kappa shape index (κ3) is 13.5. The third-order valence-corrected chi connectivity index (χ3v) is 8.38. The Morgan fingerprint density at radius 1 is 0.553 bits per heavy atom. The van der Waals surface area contributed by atoms with Crippen molar-refractivity contribution in [2.24, 2.45) is 0 Å². The maximum absolute atomic E-state index is 13.5. The first-order chi connectivity index (χ1) is 22.2. The van der Waals surface area contributed by atoms with E-state index in [-0.39, 0.29) is 12.4 Å². The van der Waals surface area contributed by atoms with Gasteiger partial charge in [0.05, 0.1) is 12.2 Å². The first kappa shape index (κ1) is 40.6. The number of hydrogen-bond donors (Lipinski definition) is 1. The Hall–Kier alpha value is -2.54. The zero-order valence-electron chi connectivity index (χ0n) is 26.9. The van der Waals surface area contributed by atoms with Crippen molar-refractivity contribution in [1.82, 2.24) is 15.4 Å². The van der Waals surface area contributed by atoms with Crippen molar-refractivity contribution in [3.05, 3.63) is 23.8 Å². The number of esters is 1. The number of nitrogens with zero attached hydrogens (tertiary/aromatic N) is 2. The monoisotopic (exact) mass is 689 g/mol. The van der Waals surface area contributed by atoms with Gasteiger partial charge in [0.15, 0.2) is 0 Å². The molecule has 2 aromatic rings. The molecule has 0 unspecified atom stereocenters. The average Bonchev–Trinajstić information content (AvgIpc) is 3.48. The molecular formula is C33H48F9N3O2. The number of carbonyl (C=O) groups excluding carboxylic acids is 1. The lowest BCUT2D eigenvalue weighted by Gasteiger charge is -2.33. The van der Waals surface area contributed by atoms with E-state index in [9.17, 15) is 44.3 Å². The molecule has 2 rings (SSSR count). The molecule has 0 spiro atoms. The predicted molar refractivity (Wildman–Crippen MR) is 162 cm³/mol. The van der Waals surface area contributed by atoms with Gasteiger partial charge in [-0.3, -0.25) is 0 Å². The van der Waals surface area contributed by atoms with Crippen LogP contribution in [0.1, 0.15) is 145 Å². The van der Waals surface area contributed by atoms with Gasteiger partial charge in [0.25, 0.3) is 0 Å². The van der Waals surface area contributed by atoms with Gasteiger partial charge in [-0.2, -0.15) is 54.9 Å². The summed E-state index contributed by atoms with van der Waals surface area (Å²) in [4.78, 5) is 12.2. The zero-order chi connectivity index (χ0) is 34.8. The minimum absolute atomic E-state index is 0.0623. The number of ether oxygens (including phenoxy) is 1. The molecule has 0 fully saturated rings. The molecule has 0 bridgehead atoms. The molecule has 0 saturated carbocycles. The first-order valence-corrected chi connectivity index (χ1v) is 16.9. The van der Waals surface area contributed by atoms with Crippen LogP contribution in [0.25, 0.3) is 11.0 Å². The molecule has 0 saturated heterocycles. The van der Waals surface area contributed by atoms with Crippen LogP contribution in [0.5, 0.6) is 0 Å². The Bertz CT molecular complexity index is 1160. The van der Waals surface area contributed by atoms with E-state index >= 15 is 0 Å². The van der Waals surface area contributed by atoms with Crippen LogP contribution in [-0.2, 0) is 4.74 Å². The Balaban J connectivity index is 1.30. The number of halogens is 9. The van der Waals surface area contributed by atoms with Crippen LogP contribution in [0.3, 0.4) is 0 Å². The molecule has 0 aliphatic heterocycles. The number of rotatable bonds is 26. The fraction of sp³-hybridized carbons (Fsp3) is 0.788. The van der Waals surface area contributed by atoms with Gasteiger partial charge in [-0.25, -0.2) is 4.79 Å². The molecule has 47 heavy (non-hydrogen) atoms. The van der Waals surface area contributed by atoms with Crippen LogP contribution in [0.4, 0.5) is 39.5 Å². The number of alkyl halides is 9. The zero-order valence-corrected chi connectivity index (χ0v) is 26.9. The maximum Gasteiger partial charge on any atom is 0.460 e. The third-order valence-electron chi connectivity index (χ3n) is 8.38. The number of benzene rings is 1. The highest BCUT2D eigenvalue weighted by Crippen LogP contribution is 2.54. The lowest BCUT2D eigenvalue weighted by Crippen LogP contribution is -2.60. The van der Waals surface area contributed by atoms with Gasteiger partial charge in [0.2, 0.25) is 0 Å². The minimum Gasteiger partial charge on any atom is -0.462 e. The van der Waals surface area contributed by atoms with Gasteiger partial charge in [0.1, 0.15) is 11.0 Å². The quantitative estimate of drug-likeness (QED) is 0.0606. The number of carbonyl (C=O) groups is 1. The minimum atomic E-state index is -6.80. The van der Waals surface area contributed by atoms with Crippen molar-refractivity contribution in [2.45, 2.75) is 159 Å². The van der Waals surface area contributed by atoms with Crippen molar-refractivity contribution in [3.8, 4) is 0 Å². The summed E-state index contributed by atoms with van der Waals surface area (Å²) >= 11 is 0. The molecule has 1 heterocycles. The molecule has 270 valence electrons. The molecule has 1 aromatic carbocycles. The van der Waals surface area contributed by atoms with E-state index in [1.165, 1.54) is 51.4 Å². The van der Waals surface area contributed by atoms with Crippen LogP contribution in [0, 0.1) is 0 Å². The van der Waals surface area contributed by atoms with E-state index in [2.05, 4.69) is 15.4 Å². The van der Waals surface area contributed by atoms with Crippen molar-refractivity contribution < 1.29 is 49.0 Å². The van der Waals surface area contributed by atoms with Gasteiger partial charge in [-0.1, -0.05) is 116 Å². The smallest absolute Gasteiger partial charge is 0.460 e. The Morgan fingerprint density at radius 3 is 1.40 bits per heavy atom. The molecule has 0 amide bonds. The summed E-state index contributed by atoms with van der Waals surface area (Å²) in [6, 6.07) is 5.08. The van der Waals surface area contributed by atoms with Crippen LogP contribution in [0.15, 0.2) is 18.2 Å². The van der Waals surface area contributed by atoms with Crippen molar-refractivity contribution >= 4 is 17.0 Å². The average molecular weight is 690 g/mol. The second-order valence-corrected chi connectivity index (χ2v) is 12.3.